The molecule has 15 heavy (non-hydrogen) atoms. The van der Waals surface area contributed by atoms with Crippen LogP contribution in [-0.4, -0.2) is 30.1 Å². The monoisotopic (exact) mass is 212 g/mol. The minimum atomic E-state index is 0.0457. The first-order chi connectivity index (χ1) is 7.13. The fourth-order valence-electron chi connectivity index (χ4n) is 2.14. The molecule has 1 saturated carbocycles. The second-order valence-electron chi connectivity index (χ2n) is 5.25. The van der Waals surface area contributed by atoms with Crippen LogP contribution < -0.4 is 5.73 Å². The summed E-state index contributed by atoms with van der Waals surface area (Å²) in [7, 11) is 0. The maximum Gasteiger partial charge on any atom is 0.0278 e. The lowest BCUT2D eigenvalue weighted by Crippen LogP contribution is -2.50. The molecule has 2 nitrogen and oxygen atoms in total. The molecule has 0 bridgehead atoms. The molecule has 0 aliphatic heterocycles. The Morgan fingerprint density at radius 3 is 2.20 bits per heavy atom. The maximum atomic E-state index is 6.38. The normalized spacial score (nSPS) is 17.4. The van der Waals surface area contributed by atoms with Crippen LogP contribution in [-0.2, 0) is 0 Å². The number of hydrogen-bond donors (Lipinski definition) is 1. The van der Waals surface area contributed by atoms with Crippen LogP contribution in [0.1, 0.15) is 52.9 Å². The third-order valence-electron chi connectivity index (χ3n) is 3.70. The van der Waals surface area contributed by atoms with Gasteiger partial charge in [0, 0.05) is 18.6 Å². The number of rotatable bonds is 8. The van der Waals surface area contributed by atoms with Crippen LogP contribution in [0.25, 0.3) is 0 Å². The fourth-order valence-corrected chi connectivity index (χ4v) is 2.14. The molecule has 1 aliphatic rings. The highest BCUT2D eigenvalue weighted by Gasteiger charge is 2.28. The molecule has 2 heteroatoms. The zero-order valence-electron chi connectivity index (χ0n) is 10.8. The number of hydrogen-bond acceptors (Lipinski definition) is 2. The molecule has 1 aliphatic carbocycles. The first-order valence-corrected chi connectivity index (χ1v) is 6.64. The van der Waals surface area contributed by atoms with E-state index < -0.39 is 0 Å². The maximum absolute atomic E-state index is 6.38. The summed E-state index contributed by atoms with van der Waals surface area (Å²) < 4.78 is 0. The second-order valence-corrected chi connectivity index (χ2v) is 5.25. The summed E-state index contributed by atoms with van der Waals surface area (Å²) in [5.41, 5.74) is 6.43. The van der Waals surface area contributed by atoms with Crippen LogP contribution >= 0.6 is 0 Å². The van der Waals surface area contributed by atoms with E-state index in [0.717, 1.165) is 25.3 Å². The van der Waals surface area contributed by atoms with Crippen molar-refractivity contribution in [2.75, 3.05) is 19.6 Å². The Balaban J connectivity index is 2.39. The van der Waals surface area contributed by atoms with Crippen molar-refractivity contribution in [2.45, 2.75) is 58.4 Å². The average molecular weight is 212 g/mol. The van der Waals surface area contributed by atoms with Crippen molar-refractivity contribution >= 4 is 0 Å². The lowest BCUT2D eigenvalue weighted by molar-refractivity contribution is 0.192. The van der Waals surface area contributed by atoms with Gasteiger partial charge >= 0.3 is 0 Å². The topological polar surface area (TPSA) is 29.3 Å². The second kappa shape index (κ2) is 5.86. The van der Waals surface area contributed by atoms with E-state index in [1.165, 1.54) is 32.4 Å². The molecule has 0 atom stereocenters. The van der Waals surface area contributed by atoms with Gasteiger partial charge in [-0.05, 0) is 44.6 Å². The fraction of sp³-hybridized carbons (Fsp3) is 1.00. The van der Waals surface area contributed by atoms with Crippen molar-refractivity contribution in [1.82, 2.24) is 4.90 Å². The largest absolute Gasteiger partial charge is 0.324 e. The molecule has 0 saturated heterocycles. The van der Waals surface area contributed by atoms with Gasteiger partial charge < -0.3 is 10.6 Å². The summed E-state index contributed by atoms with van der Waals surface area (Å²) in [4.78, 5) is 2.59. The van der Waals surface area contributed by atoms with E-state index in [4.69, 9.17) is 5.73 Å². The van der Waals surface area contributed by atoms with Crippen molar-refractivity contribution in [3.8, 4) is 0 Å². The van der Waals surface area contributed by atoms with Gasteiger partial charge in [0.15, 0.2) is 0 Å². The van der Waals surface area contributed by atoms with E-state index in [0.29, 0.717) is 0 Å². The highest BCUT2D eigenvalue weighted by Crippen LogP contribution is 2.30. The Morgan fingerprint density at radius 1 is 1.20 bits per heavy atom. The molecule has 90 valence electrons. The van der Waals surface area contributed by atoms with E-state index in [1.54, 1.807) is 0 Å². The molecule has 0 aromatic heterocycles. The minimum Gasteiger partial charge on any atom is -0.324 e. The van der Waals surface area contributed by atoms with Gasteiger partial charge in [-0.1, -0.05) is 20.8 Å². The predicted molar refractivity (Wildman–Crippen MR) is 67.0 cm³/mol. The van der Waals surface area contributed by atoms with Crippen molar-refractivity contribution < 1.29 is 0 Å². The molecule has 0 aromatic rings. The van der Waals surface area contributed by atoms with Gasteiger partial charge in [-0.25, -0.2) is 0 Å². The summed E-state index contributed by atoms with van der Waals surface area (Å²) in [6.45, 7) is 10.3. The van der Waals surface area contributed by atoms with Crippen LogP contribution in [0.5, 0.6) is 0 Å². The van der Waals surface area contributed by atoms with Gasteiger partial charge in [0.2, 0.25) is 0 Å². The first kappa shape index (κ1) is 13.0. The van der Waals surface area contributed by atoms with E-state index >= 15 is 0 Å². The van der Waals surface area contributed by atoms with Gasteiger partial charge in [-0.15, -0.1) is 0 Å². The molecule has 0 heterocycles. The molecule has 1 rings (SSSR count). The highest BCUT2D eigenvalue weighted by molar-refractivity contribution is 4.87. The summed E-state index contributed by atoms with van der Waals surface area (Å²) in [6.07, 6.45) is 6.31. The Kier molecular flexibility index (Phi) is 5.07. The first-order valence-electron chi connectivity index (χ1n) is 6.64. The van der Waals surface area contributed by atoms with Crippen LogP contribution in [0.2, 0.25) is 0 Å². The van der Waals surface area contributed by atoms with Gasteiger partial charge in [0.25, 0.3) is 0 Å². The lowest BCUT2D eigenvalue weighted by Gasteiger charge is -2.34. The Hall–Kier alpha value is -0.0800. The summed E-state index contributed by atoms with van der Waals surface area (Å²) in [5, 5.41) is 0. The summed E-state index contributed by atoms with van der Waals surface area (Å²) in [6, 6.07) is 0. The van der Waals surface area contributed by atoms with Gasteiger partial charge in [-0.2, -0.15) is 0 Å². The van der Waals surface area contributed by atoms with Crippen LogP contribution in [0, 0.1) is 5.92 Å². The Labute approximate surface area is 95.2 Å². The van der Waals surface area contributed by atoms with Crippen LogP contribution in [0.4, 0.5) is 0 Å². The van der Waals surface area contributed by atoms with Gasteiger partial charge in [0.05, 0.1) is 0 Å². The zero-order chi connectivity index (χ0) is 11.3. The van der Waals surface area contributed by atoms with Crippen LogP contribution in [0.3, 0.4) is 0 Å². The van der Waals surface area contributed by atoms with E-state index in [9.17, 15) is 0 Å². The third-order valence-corrected chi connectivity index (χ3v) is 3.70. The average Bonchev–Trinajstić information content (AvgIpc) is 3.02. The molecule has 0 spiro atoms. The number of nitrogens with zero attached hydrogens (tertiary/aromatic N) is 1. The van der Waals surface area contributed by atoms with E-state index in [2.05, 4.69) is 25.7 Å². The van der Waals surface area contributed by atoms with Crippen molar-refractivity contribution in [1.29, 1.82) is 0 Å². The molecule has 0 unspecified atom stereocenters. The molecular formula is C13H28N2. The van der Waals surface area contributed by atoms with Gasteiger partial charge in [-0.3, -0.25) is 0 Å². The van der Waals surface area contributed by atoms with E-state index in [-0.39, 0.29) is 5.54 Å². The molecule has 1 fully saturated rings. The highest BCUT2D eigenvalue weighted by atomic mass is 15.1. The van der Waals surface area contributed by atoms with Crippen LogP contribution in [0.15, 0.2) is 0 Å². The minimum absolute atomic E-state index is 0.0457. The van der Waals surface area contributed by atoms with Crippen molar-refractivity contribution in [2.24, 2.45) is 11.7 Å². The van der Waals surface area contributed by atoms with E-state index in [1.807, 2.05) is 0 Å². The molecule has 0 aromatic carbocycles. The zero-order valence-corrected chi connectivity index (χ0v) is 10.8. The molecule has 2 N–H and O–H groups in total. The molecular weight excluding hydrogens is 184 g/mol. The quantitative estimate of drug-likeness (QED) is 0.670. The van der Waals surface area contributed by atoms with Crippen molar-refractivity contribution in [3.05, 3.63) is 0 Å². The predicted octanol–water partition coefficient (Wildman–Crippen LogP) is 2.63. The van der Waals surface area contributed by atoms with Gasteiger partial charge in [0.1, 0.15) is 0 Å². The smallest absolute Gasteiger partial charge is 0.0278 e. The van der Waals surface area contributed by atoms with Crippen molar-refractivity contribution in [3.63, 3.8) is 0 Å². The standard InChI is InChI=1S/C13H28N2/c1-4-9-15(10-12-7-8-12)11-13(14,5-2)6-3/h12H,4-11,14H2,1-3H3. The Morgan fingerprint density at radius 2 is 1.80 bits per heavy atom. The lowest BCUT2D eigenvalue weighted by atomic mass is 9.93. The summed E-state index contributed by atoms with van der Waals surface area (Å²) >= 11 is 0. The number of nitrogens with two attached hydrogens (primary N) is 1. The summed E-state index contributed by atoms with van der Waals surface area (Å²) in [5.74, 6) is 0.981. The molecule has 0 radical (unpaired) electrons. The Bertz CT molecular complexity index is 171. The molecule has 0 amide bonds. The third kappa shape index (κ3) is 4.52. The SMILES string of the molecule is CCCN(CC1CC1)CC(N)(CC)CC.